The molecule has 0 aromatic rings. The summed E-state index contributed by atoms with van der Waals surface area (Å²) in [6.45, 7) is 1.72. The number of Topliss-reactive ketones (excluding diaryl/α,β-unsaturated/α-hetero) is 1. The Morgan fingerprint density at radius 2 is 1.48 bits per heavy atom. The van der Waals surface area contributed by atoms with Gasteiger partial charge in [0, 0.05) is 6.42 Å². The Balaban J connectivity index is 1.75. The van der Waals surface area contributed by atoms with Crippen LogP contribution in [0.15, 0.2) is 11.6 Å². The van der Waals surface area contributed by atoms with Crippen LogP contribution >= 0.6 is 0 Å². The summed E-state index contributed by atoms with van der Waals surface area (Å²) in [7, 11) is 0. The van der Waals surface area contributed by atoms with Gasteiger partial charge in [0.25, 0.3) is 0 Å². The molecule has 0 aromatic carbocycles. The lowest BCUT2D eigenvalue weighted by molar-refractivity contribution is -0.117. The minimum Gasteiger partial charge on any atom is -0.300 e. The average molecular weight is 290 g/mol. The van der Waals surface area contributed by atoms with Gasteiger partial charge in [0.05, 0.1) is 0 Å². The van der Waals surface area contributed by atoms with Crippen LogP contribution in [0, 0.1) is 11.8 Å². The van der Waals surface area contributed by atoms with Crippen molar-refractivity contribution in [3.05, 3.63) is 11.6 Å². The van der Waals surface area contributed by atoms with E-state index in [1.54, 1.807) is 12.5 Å². The SMILES string of the molecule is CC(=O)CC[C@H]1C[C@H]1C=C1CCCCCCCCCCC1. The molecule has 2 atom stereocenters. The molecule has 0 amide bonds. The Morgan fingerprint density at radius 3 is 2.00 bits per heavy atom. The number of carbonyl (C=O) groups is 1. The fourth-order valence-corrected chi connectivity index (χ4v) is 3.73. The summed E-state index contributed by atoms with van der Waals surface area (Å²) < 4.78 is 0. The molecule has 0 unspecified atom stereocenters. The topological polar surface area (TPSA) is 17.1 Å². The molecule has 2 fully saturated rings. The molecule has 1 heteroatoms. The van der Waals surface area contributed by atoms with Crippen LogP contribution in [0.2, 0.25) is 0 Å². The number of carbonyl (C=O) groups excluding carboxylic acids is 1. The van der Waals surface area contributed by atoms with Gasteiger partial charge in [-0.25, -0.2) is 0 Å². The van der Waals surface area contributed by atoms with Crippen LogP contribution in [0.25, 0.3) is 0 Å². The minimum atomic E-state index is 0.360. The summed E-state index contributed by atoms with van der Waals surface area (Å²) in [5.41, 5.74) is 1.74. The Bertz CT molecular complexity index is 328. The van der Waals surface area contributed by atoms with E-state index < -0.39 is 0 Å². The van der Waals surface area contributed by atoms with E-state index in [-0.39, 0.29) is 0 Å². The molecule has 1 nitrogen and oxygen atoms in total. The molecule has 0 bridgehead atoms. The van der Waals surface area contributed by atoms with Crippen molar-refractivity contribution in [2.75, 3.05) is 0 Å². The Hall–Kier alpha value is -0.590. The van der Waals surface area contributed by atoms with Gasteiger partial charge in [-0.05, 0) is 57.3 Å². The summed E-state index contributed by atoms with van der Waals surface area (Å²) in [6.07, 6.45) is 21.5. The lowest BCUT2D eigenvalue weighted by Gasteiger charge is -2.10. The van der Waals surface area contributed by atoms with Gasteiger partial charge in [0.15, 0.2) is 0 Å². The van der Waals surface area contributed by atoms with Crippen LogP contribution in [-0.2, 0) is 4.79 Å². The summed E-state index contributed by atoms with van der Waals surface area (Å²) >= 11 is 0. The van der Waals surface area contributed by atoms with Gasteiger partial charge in [-0.2, -0.15) is 0 Å². The first-order chi connectivity index (χ1) is 10.3. The lowest BCUT2D eigenvalue weighted by Crippen LogP contribution is -1.93. The third kappa shape index (κ3) is 7.29. The zero-order valence-electron chi connectivity index (χ0n) is 14.0. The molecule has 0 spiro atoms. The summed E-state index contributed by atoms with van der Waals surface area (Å²) in [4.78, 5) is 11.1. The highest BCUT2D eigenvalue weighted by Crippen LogP contribution is 2.44. The van der Waals surface area contributed by atoms with E-state index in [1.165, 1.54) is 77.0 Å². The van der Waals surface area contributed by atoms with E-state index in [2.05, 4.69) is 6.08 Å². The first-order valence-corrected chi connectivity index (χ1v) is 9.44. The van der Waals surface area contributed by atoms with Crippen LogP contribution < -0.4 is 0 Å². The molecule has 2 aliphatic rings. The summed E-state index contributed by atoms with van der Waals surface area (Å²) in [6, 6.07) is 0. The van der Waals surface area contributed by atoms with Gasteiger partial charge in [-0.1, -0.05) is 56.6 Å². The van der Waals surface area contributed by atoms with Crippen molar-refractivity contribution < 1.29 is 4.79 Å². The fourth-order valence-electron chi connectivity index (χ4n) is 3.73. The fraction of sp³-hybridized carbons (Fsp3) is 0.850. The molecule has 0 heterocycles. The standard InChI is InChI=1S/C20H34O/c1-17(21)13-14-19-16-20(19)15-18-11-9-7-5-3-2-4-6-8-10-12-18/h15,19-20H,2-14,16H2,1H3/t19-,20+/m0/s1. The molecule has 120 valence electrons. The number of allylic oxidation sites excluding steroid dienone is 2. The van der Waals surface area contributed by atoms with Gasteiger partial charge in [-0.15, -0.1) is 0 Å². The second kappa shape index (κ2) is 9.43. The second-order valence-corrected chi connectivity index (χ2v) is 7.41. The normalized spacial score (nSPS) is 28.3. The molecule has 2 saturated carbocycles. The first-order valence-electron chi connectivity index (χ1n) is 9.44. The van der Waals surface area contributed by atoms with Crippen LogP contribution in [0.4, 0.5) is 0 Å². The van der Waals surface area contributed by atoms with Gasteiger partial charge < -0.3 is 4.79 Å². The third-order valence-electron chi connectivity index (χ3n) is 5.29. The third-order valence-corrected chi connectivity index (χ3v) is 5.29. The Labute approximate surface area is 131 Å². The molecule has 0 radical (unpaired) electrons. The van der Waals surface area contributed by atoms with E-state index in [9.17, 15) is 4.79 Å². The number of hydrogen-bond donors (Lipinski definition) is 0. The molecule has 0 aromatic heterocycles. The Kier molecular flexibility index (Phi) is 7.53. The van der Waals surface area contributed by atoms with Crippen LogP contribution in [0.3, 0.4) is 0 Å². The highest BCUT2D eigenvalue weighted by Gasteiger charge is 2.34. The maximum atomic E-state index is 11.1. The Morgan fingerprint density at radius 1 is 0.952 bits per heavy atom. The van der Waals surface area contributed by atoms with E-state index in [0.717, 1.165) is 24.7 Å². The van der Waals surface area contributed by atoms with Crippen molar-refractivity contribution in [2.45, 2.75) is 96.8 Å². The molecular weight excluding hydrogens is 256 g/mol. The predicted octanol–water partition coefficient (Wildman–Crippen LogP) is 6.22. The van der Waals surface area contributed by atoms with Gasteiger partial charge in [0.1, 0.15) is 5.78 Å². The highest BCUT2D eigenvalue weighted by molar-refractivity contribution is 5.75. The molecule has 2 rings (SSSR count). The van der Waals surface area contributed by atoms with Crippen molar-refractivity contribution in [3.63, 3.8) is 0 Å². The molecule has 21 heavy (non-hydrogen) atoms. The minimum absolute atomic E-state index is 0.360. The summed E-state index contributed by atoms with van der Waals surface area (Å²) in [5, 5.41) is 0. The van der Waals surface area contributed by atoms with Crippen molar-refractivity contribution in [2.24, 2.45) is 11.8 Å². The van der Waals surface area contributed by atoms with Crippen LogP contribution in [0.1, 0.15) is 96.8 Å². The quantitative estimate of drug-likeness (QED) is 0.561. The summed E-state index contributed by atoms with van der Waals surface area (Å²) in [5.74, 6) is 1.99. The number of rotatable bonds is 4. The van der Waals surface area contributed by atoms with Gasteiger partial charge in [-0.3, -0.25) is 0 Å². The molecular formula is C20H34O. The molecule has 0 aliphatic heterocycles. The van der Waals surface area contributed by atoms with Crippen LogP contribution in [0.5, 0.6) is 0 Å². The first kappa shape index (κ1) is 16.8. The zero-order chi connectivity index (χ0) is 14.9. The maximum absolute atomic E-state index is 11.1. The average Bonchev–Trinajstić information content (AvgIpc) is 3.18. The van der Waals surface area contributed by atoms with Crippen molar-refractivity contribution in [1.29, 1.82) is 0 Å². The van der Waals surface area contributed by atoms with Crippen molar-refractivity contribution >= 4 is 5.78 Å². The zero-order valence-corrected chi connectivity index (χ0v) is 14.0. The van der Waals surface area contributed by atoms with Crippen LogP contribution in [-0.4, -0.2) is 5.78 Å². The maximum Gasteiger partial charge on any atom is 0.129 e. The van der Waals surface area contributed by atoms with E-state index in [4.69, 9.17) is 0 Å². The number of hydrogen-bond acceptors (Lipinski definition) is 1. The number of ketones is 1. The molecule has 0 saturated heterocycles. The van der Waals surface area contributed by atoms with Gasteiger partial charge in [0.2, 0.25) is 0 Å². The largest absolute Gasteiger partial charge is 0.300 e. The van der Waals surface area contributed by atoms with E-state index in [1.807, 2.05) is 0 Å². The molecule has 2 aliphatic carbocycles. The van der Waals surface area contributed by atoms with Crippen molar-refractivity contribution in [3.8, 4) is 0 Å². The monoisotopic (exact) mass is 290 g/mol. The smallest absolute Gasteiger partial charge is 0.129 e. The molecule has 0 N–H and O–H groups in total. The second-order valence-electron chi connectivity index (χ2n) is 7.41. The van der Waals surface area contributed by atoms with E-state index in [0.29, 0.717) is 5.78 Å². The lowest BCUT2D eigenvalue weighted by atomic mass is 9.96. The van der Waals surface area contributed by atoms with E-state index >= 15 is 0 Å². The predicted molar refractivity (Wildman–Crippen MR) is 90.4 cm³/mol. The van der Waals surface area contributed by atoms with Gasteiger partial charge >= 0.3 is 0 Å². The highest BCUT2D eigenvalue weighted by atomic mass is 16.1. The van der Waals surface area contributed by atoms with Crippen molar-refractivity contribution in [1.82, 2.24) is 0 Å².